The molecule has 0 heterocycles. The molecule has 0 N–H and O–H groups in total. The van der Waals surface area contributed by atoms with Crippen molar-refractivity contribution in [2.45, 2.75) is 6.92 Å². The monoisotopic (exact) mass is 311 g/mol. The Kier molecular flexibility index (Phi) is 4.93. The van der Waals surface area contributed by atoms with Crippen LogP contribution in [0.5, 0.6) is 0 Å². The van der Waals surface area contributed by atoms with E-state index in [0.717, 1.165) is 11.3 Å². The molecule has 0 aliphatic heterocycles. The van der Waals surface area contributed by atoms with Crippen molar-refractivity contribution in [3.8, 4) is 11.1 Å². The van der Waals surface area contributed by atoms with Crippen LogP contribution in [0.15, 0.2) is 97.8 Å². The van der Waals surface area contributed by atoms with Crippen LogP contribution in [0.3, 0.4) is 0 Å². The Morgan fingerprint density at radius 2 is 1.58 bits per heavy atom. The van der Waals surface area contributed by atoms with E-state index in [1.54, 1.807) is 0 Å². The molecule has 0 saturated heterocycles. The van der Waals surface area contributed by atoms with E-state index >= 15 is 0 Å². The Morgan fingerprint density at radius 1 is 0.833 bits per heavy atom. The number of aryl methyl sites for hydroxylation is 1. The zero-order chi connectivity index (χ0) is 16.8. The normalized spacial score (nSPS) is 10.7. The van der Waals surface area contributed by atoms with Crippen molar-refractivity contribution < 1.29 is 0 Å². The Balaban J connectivity index is 1.98. The lowest BCUT2D eigenvalue weighted by atomic mass is 10.0. The molecule has 1 heteroatoms. The number of nitrogens with zero attached hydrogens (tertiary/aromatic N) is 1. The van der Waals surface area contributed by atoms with Gasteiger partial charge in [0, 0.05) is 18.0 Å². The Hall–Kier alpha value is -3.06. The molecule has 0 aromatic heterocycles. The highest BCUT2D eigenvalue weighted by Gasteiger charge is 2.08. The lowest BCUT2D eigenvalue weighted by molar-refractivity contribution is 1.30. The molecule has 0 fully saturated rings. The van der Waals surface area contributed by atoms with E-state index in [-0.39, 0.29) is 0 Å². The van der Waals surface area contributed by atoms with Crippen LogP contribution in [0.2, 0.25) is 0 Å². The molecule has 0 unspecified atom stereocenters. The first-order valence-electron chi connectivity index (χ1n) is 8.08. The van der Waals surface area contributed by atoms with Gasteiger partial charge >= 0.3 is 0 Å². The standard InChI is InChI=1S/C23H21N/c1-3-24(17-16-20-11-5-4-6-12-20)23-15-8-7-14-22(23)21-13-9-10-19(2)18-21/h3-18H,1H2,2H3. The molecule has 0 atom stereocenters. The minimum atomic E-state index is 1.12. The molecule has 0 saturated carbocycles. The van der Waals surface area contributed by atoms with Crippen LogP contribution in [0, 0.1) is 6.92 Å². The topological polar surface area (TPSA) is 3.24 Å². The second-order valence-corrected chi connectivity index (χ2v) is 5.70. The third-order valence-electron chi connectivity index (χ3n) is 3.94. The van der Waals surface area contributed by atoms with E-state index in [9.17, 15) is 0 Å². The third-order valence-corrected chi connectivity index (χ3v) is 3.94. The zero-order valence-corrected chi connectivity index (χ0v) is 13.9. The Bertz CT molecular complexity index is 847. The van der Waals surface area contributed by atoms with Gasteiger partial charge in [-0.05, 0) is 30.2 Å². The summed E-state index contributed by atoms with van der Waals surface area (Å²) in [5.74, 6) is 0. The maximum Gasteiger partial charge on any atom is 0.0527 e. The summed E-state index contributed by atoms with van der Waals surface area (Å²) in [4.78, 5) is 2.06. The minimum Gasteiger partial charge on any atom is -0.324 e. The van der Waals surface area contributed by atoms with Gasteiger partial charge in [0.05, 0.1) is 5.69 Å². The Labute approximate surface area is 144 Å². The zero-order valence-electron chi connectivity index (χ0n) is 13.9. The molecule has 0 radical (unpaired) electrons. The van der Waals surface area contributed by atoms with Crippen molar-refractivity contribution in [2.24, 2.45) is 0 Å². The second-order valence-electron chi connectivity index (χ2n) is 5.70. The molecule has 0 spiro atoms. The van der Waals surface area contributed by atoms with E-state index < -0.39 is 0 Å². The van der Waals surface area contributed by atoms with Gasteiger partial charge < -0.3 is 4.90 Å². The average molecular weight is 311 g/mol. The molecule has 0 aliphatic carbocycles. The molecular weight excluding hydrogens is 290 g/mol. The van der Waals surface area contributed by atoms with E-state index in [2.05, 4.69) is 91.3 Å². The molecule has 0 amide bonds. The molecule has 3 aromatic carbocycles. The van der Waals surface area contributed by atoms with Crippen LogP contribution in [0.25, 0.3) is 17.2 Å². The summed E-state index contributed by atoms with van der Waals surface area (Å²) in [5.41, 5.74) is 5.94. The molecule has 3 aromatic rings. The van der Waals surface area contributed by atoms with Gasteiger partial charge in [-0.2, -0.15) is 0 Å². The molecule has 24 heavy (non-hydrogen) atoms. The lowest BCUT2D eigenvalue weighted by Gasteiger charge is -2.19. The summed E-state index contributed by atoms with van der Waals surface area (Å²) >= 11 is 0. The molecule has 3 rings (SSSR count). The van der Waals surface area contributed by atoms with Crippen LogP contribution in [0.4, 0.5) is 5.69 Å². The molecule has 0 bridgehead atoms. The van der Waals surface area contributed by atoms with Gasteiger partial charge in [-0.1, -0.05) is 84.9 Å². The maximum atomic E-state index is 3.98. The Morgan fingerprint density at radius 3 is 2.33 bits per heavy atom. The van der Waals surface area contributed by atoms with E-state index in [1.165, 1.54) is 16.7 Å². The largest absolute Gasteiger partial charge is 0.324 e. The van der Waals surface area contributed by atoms with Gasteiger partial charge in [0.25, 0.3) is 0 Å². The molecule has 1 nitrogen and oxygen atoms in total. The third kappa shape index (κ3) is 3.64. The van der Waals surface area contributed by atoms with E-state index in [0.29, 0.717) is 0 Å². The highest BCUT2D eigenvalue weighted by molar-refractivity contribution is 5.81. The summed E-state index contributed by atoms with van der Waals surface area (Å²) in [6.07, 6.45) is 5.99. The fourth-order valence-electron chi connectivity index (χ4n) is 2.73. The van der Waals surface area contributed by atoms with Gasteiger partial charge in [-0.3, -0.25) is 0 Å². The second kappa shape index (κ2) is 7.47. The fraction of sp³-hybridized carbons (Fsp3) is 0.0435. The highest BCUT2D eigenvalue weighted by Crippen LogP contribution is 2.31. The first-order valence-corrected chi connectivity index (χ1v) is 8.08. The number of para-hydroxylation sites is 1. The summed E-state index contributed by atoms with van der Waals surface area (Å²) in [5, 5.41) is 0. The van der Waals surface area contributed by atoms with Crippen molar-refractivity contribution in [3.05, 3.63) is 109 Å². The summed E-state index contributed by atoms with van der Waals surface area (Å²) in [7, 11) is 0. The van der Waals surface area contributed by atoms with Crippen molar-refractivity contribution in [1.82, 2.24) is 0 Å². The van der Waals surface area contributed by atoms with Crippen molar-refractivity contribution >= 4 is 11.8 Å². The summed E-state index contributed by atoms with van der Waals surface area (Å²) < 4.78 is 0. The van der Waals surface area contributed by atoms with Crippen LogP contribution in [-0.4, -0.2) is 0 Å². The number of benzene rings is 3. The summed E-state index contributed by atoms with van der Waals surface area (Å²) in [6.45, 7) is 6.09. The first-order chi connectivity index (χ1) is 11.8. The smallest absolute Gasteiger partial charge is 0.0527 e. The van der Waals surface area contributed by atoms with Crippen molar-refractivity contribution in [1.29, 1.82) is 0 Å². The quantitative estimate of drug-likeness (QED) is 0.535. The predicted octanol–water partition coefficient (Wildman–Crippen LogP) is 6.28. The lowest BCUT2D eigenvalue weighted by Crippen LogP contribution is -2.07. The van der Waals surface area contributed by atoms with E-state index in [4.69, 9.17) is 0 Å². The maximum absolute atomic E-state index is 3.98. The van der Waals surface area contributed by atoms with Gasteiger partial charge in [0.2, 0.25) is 0 Å². The number of hydrogen-bond acceptors (Lipinski definition) is 1. The predicted molar refractivity (Wildman–Crippen MR) is 105 cm³/mol. The SMILES string of the molecule is C=CN(C=Cc1ccccc1)c1ccccc1-c1cccc(C)c1. The number of hydrogen-bond donors (Lipinski definition) is 0. The number of rotatable bonds is 5. The molecular formula is C23H21N. The van der Waals surface area contributed by atoms with Gasteiger partial charge in [-0.25, -0.2) is 0 Å². The molecule has 118 valence electrons. The van der Waals surface area contributed by atoms with Gasteiger partial charge in [0.15, 0.2) is 0 Å². The number of anilines is 1. The first kappa shape index (κ1) is 15.8. The van der Waals surface area contributed by atoms with Crippen LogP contribution in [-0.2, 0) is 0 Å². The summed E-state index contributed by atoms with van der Waals surface area (Å²) in [6, 6.07) is 27.2. The van der Waals surface area contributed by atoms with E-state index in [1.807, 2.05) is 24.4 Å². The van der Waals surface area contributed by atoms with Crippen LogP contribution >= 0.6 is 0 Å². The van der Waals surface area contributed by atoms with Crippen molar-refractivity contribution in [2.75, 3.05) is 4.90 Å². The van der Waals surface area contributed by atoms with Crippen molar-refractivity contribution in [3.63, 3.8) is 0 Å². The minimum absolute atomic E-state index is 1.12. The van der Waals surface area contributed by atoms with Crippen LogP contribution < -0.4 is 4.90 Å². The van der Waals surface area contributed by atoms with Gasteiger partial charge in [-0.15, -0.1) is 0 Å². The fourth-order valence-corrected chi connectivity index (χ4v) is 2.73. The van der Waals surface area contributed by atoms with Gasteiger partial charge in [0.1, 0.15) is 0 Å². The van der Waals surface area contributed by atoms with Crippen LogP contribution in [0.1, 0.15) is 11.1 Å². The average Bonchev–Trinajstić information content (AvgIpc) is 2.63. The highest BCUT2D eigenvalue weighted by atomic mass is 15.1. The molecule has 0 aliphatic rings.